The van der Waals surface area contributed by atoms with Gasteiger partial charge in [0.2, 0.25) is 11.6 Å². The van der Waals surface area contributed by atoms with Crippen molar-refractivity contribution >= 4 is 34.2 Å². The van der Waals surface area contributed by atoms with Gasteiger partial charge < -0.3 is 15.2 Å². The summed E-state index contributed by atoms with van der Waals surface area (Å²) in [5.41, 5.74) is 5.15. The van der Waals surface area contributed by atoms with E-state index in [0.29, 0.717) is 10.2 Å². The summed E-state index contributed by atoms with van der Waals surface area (Å²) in [6, 6.07) is 6.64. The van der Waals surface area contributed by atoms with E-state index in [1.54, 1.807) is 24.3 Å². The predicted molar refractivity (Wildman–Crippen MR) is 72.7 cm³/mol. The van der Waals surface area contributed by atoms with Gasteiger partial charge in [0, 0.05) is 4.47 Å². The molecule has 9 heteroatoms. The molecule has 0 aliphatic heterocycles. The van der Waals surface area contributed by atoms with Gasteiger partial charge in [-0.15, -0.1) is 3.89 Å². The number of esters is 1. The topological polar surface area (TPSA) is 90.8 Å². The second kappa shape index (κ2) is 7.22. The van der Waals surface area contributed by atoms with Crippen LogP contribution in [0.5, 0.6) is 5.75 Å². The Morgan fingerprint density at radius 1 is 1.42 bits per heavy atom. The zero-order valence-electron chi connectivity index (χ0n) is 9.80. The molecule has 1 aromatic rings. The third-order valence-corrected chi connectivity index (χ3v) is 2.81. The van der Waals surface area contributed by atoms with Crippen LogP contribution in [0.3, 0.4) is 0 Å². The maximum atomic E-state index is 12.4. The van der Waals surface area contributed by atoms with Crippen molar-refractivity contribution in [1.29, 1.82) is 0 Å². The lowest BCUT2D eigenvalue weighted by Crippen LogP contribution is -2.32. The van der Waals surface area contributed by atoms with E-state index in [4.69, 9.17) is 16.3 Å². The van der Waals surface area contributed by atoms with Gasteiger partial charge in [-0.2, -0.15) is 0 Å². The highest BCUT2D eigenvalue weighted by Gasteiger charge is 2.23. The fourth-order valence-corrected chi connectivity index (χ4v) is 1.61. The van der Waals surface area contributed by atoms with Crippen LogP contribution < -0.4 is 16.3 Å². The van der Waals surface area contributed by atoms with Crippen LogP contribution in [0.1, 0.15) is 0 Å². The molecule has 19 heavy (non-hydrogen) atoms. The third kappa shape index (κ3) is 4.30. The number of ether oxygens (including phenoxy) is 2. The van der Waals surface area contributed by atoms with E-state index in [-0.39, 0.29) is 5.88 Å². The van der Waals surface area contributed by atoms with Crippen LogP contribution in [0.2, 0.25) is 0 Å². The molecule has 0 amide bonds. The van der Waals surface area contributed by atoms with Crippen LogP contribution in [0.15, 0.2) is 40.3 Å². The summed E-state index contributed by atoms with van der Waals surface area (Å²) in [5.74, 6) is 4.34. The molecule has 0 unspecified atom stereocenters. The number of nitrogens with two attached hydrogens (primary N) is 2. The van der Waals surface area contributed by atoms with E-state index in [1.165, 1.54) is 0 Å². The Kier molecular flexibility index (Phi) is 5.93. The summed E-state index contributed by atoms with van der Waals surface area (Å²) in [5, 5.41) is 0. The number of benzene rings is 1. The Morgan fingerprint density at radius 3 is 2.47 bits per heavy atom. The Bertz CT molecular complexity index is 483. The van der Waals surface area contributed by atoms with Crippen LogP contribution in [0, 0.1) is 0 Å². The Balaban J connectivity index is 3.01. The molecule has 0 radical (unpaired) electrons. The normalized spacial score (nSPS) is 11.6. The molecule has 1 aromatic carbocycles. The molecular weight excluding hydrogens is 341 g/mol. The van der Waals surface area contributed by atoms with E-state index < -0.39 is 24.0 Å². The number of hydrogen-bond acceptors (Lipinski definition) is 7. The lowest BCUT2D eigenvalue weighted by atomic mass is 10.3. The van der Waals surface area contributed by atoms with Gasteiger partial charge in [-0.25, -0.2) is 15.1 Å². The van der Waals surface area contributed by atoms with Crippen LogP contribution in [-0.2, 0) is 9.53 Å². The van der Waals surface area contributed by atoms with Crippen molar-refractivity contribution in [3.05, 3.63) is 40.3 Å². The quantitative estimate of drug-likeness (QED) is 0.209. The Morgan fingerprint density at radius 2 is 2.00 bits per heavy atom. The summed E-state index contributed by atoms with van der Waals surface area (Å²) in [6.07, 6.45) is 0. The highest BCUT2D eigenvalue weighted by atomic mass is 79.9. The first kappa shape index (κ1) is 15.6. The van der Waals surface area contributed by atoms with Gasteiger partial charge in [0.25, 0.3) is 0 Å². The van der Waals surface area contributed by atoms with Crippen LogP contribution in [-0.4, -0.2) is 17.5 Å². The number of hydrazine groups is 1. The molecule has 0 spiro atoms. The predicted octanol–water partition coefficient (Wildman–Crippen LogP) is 1.84. The molecule has 6 nitrogen and oxygen atoms in total. The molecule has 0 bridgehead atoms. The maximum Gasteiger partial charge on any atom is 0.362 e. The molecule has 0 saturated heterocycles. The molecule has 0 heterocycles. The van der Waals surface area contributed by atoms with Gasteiger partial charge in [0.15, 0.2) is 12.3 Å². The summed E-state index contributed by atoms with van der Waals surface area (Å²) in [4.78, 5) is 11.4. The van der Waals surface area contributed by atoms with Crippen molar-refractivity contribution in [2.75, 3.05) is 7.11 Å². The number of hydrogen-bond donors (Lipinski definition) is 2. The Hall–Kier alpha value is -1.45. The summed E-state index contributed by atoms with van der Waals surface area (Å²) < 4.78 is 23.4. The number of carbonyl (C=O) groups is 1. The van der Waals surface area contributed by atoms with Gasteiger partial charge >= 0.3 is 5.97 Å². The van der Waals surface area contributed by atoms with Crippen molar-refractivity contribution in [3.63, 3.8) is 0 Å². The molecule has 0 aromatic heterocycles. The number of halogens is 2. The van der Waals surface area contributed by atoms with Crippen molar-refractivity contribution in [2.45, 2.75) is 0 Å². The molecule has 0 aliphatic carbocycles. The number of nitrogens with zero attached hydrogens (tertiary/aromatic N) is 1. The fraction of sp³-hybridized carbons (Fsp3) is 0.100. The minimum absolute atomic E-state index is 0.361. The number of carbonyl (C=O) groups excluding carboxylic acids is 1. The highest BCUT2D eigenvalue weighted by Crippen LogP contribution is 2.21. The monoisotopic (exact) mass is 351 g/mol. The molecule has 0 aliphatic rings. The zero-order valence-corrected chi connectivity index (χ0v) is 12.2. The smallest absolute Gasteiger partial charge is 0.362 e. The third-order valence-electron chi connectivity index (χ3n) is 1.95. The molecule has 4 N–H and O–H groups in total. The Labute approximate surface area is 122 Å². The zero-order chi connectivity index (χ0) is 14.4. The summed E-state index contributed by atoms with van der Waals surface area (Å²) >= 11 is 2.86. The molecular formula is C10H11BrFN3O3S. The van der Waals surface area contributed by atoms with Gasteiger partial charge in [0.05, 0.1) is 7.11 Å². The van der Waals surface area contributed by atoms with E-state index in [0.717, 1.165) is 11.6 Å². The van der Waals surface area contributed by atoms with Crippen LogP contribution >= 0.6 is 28.3 Å². The summed E-state index contributed by atoms with van der Waals surface area (Å²) in [7, 11) is 1.12. The number of methoxy groups -OCH3 is 1. The fourth-order valence-electron chi connectivity index (χ4n) is 1.11. The first-order chi connectivity index (χ1) is 8.99. The van der Waals surface area contributed by atoms with E-state index in [2.05, 4.69) is 20.7 Å². The van der Waals surface area contributed by atoms with Gasteiger partial charge in [-0.05, 0) is 24.3 Å². The highest BCUT2D eigenvalue weighted by molar-refractivity contribution is 9.10. The average Bonchev–Trinajstić information content (AvgIpc) is 2.41. The first-order valence-electron chi connectivity index (χ1n) is 4.84. The lowest BCUT2D eigenvalue weighted by molar-refractivity contribution is -0.137. The maximum absolute atomic E-state index is 12.4. The first-order valence-corrected chi connectivity index (χ1v) is 6.31. The average molecular weight is 352 g/mol. The van der Waals surface area contributed by atoms with Gasteiger partial charge in [-0.1, -0.05) is 15.9 Å². The largest absolute Gasteiger partial charge is 0.464 e. The molecule has 1 rings (SSSR count). The van der Waals surface area contributed by atoms with E-state index in [1.807, 2.05) is 0 Å². The molecule has 0 saturated carbocycles. The summed E-state index contributed by atoms with van der Waals surface area (Å²) in [6.45, 7) is 0. The van der Waals surface area contributed by atoms with Crippen molar-refractivity contribution < 1.29 is 18.2 Å². The number of rotatable bonds is 5. The van der Waals surface area contributed by atoms with Crippen molar-refractivity contribution in [1.82, 2.24) is 4.41 Å². The molecule has 104 valence electrons. The molecule has 0 atom stereocenters. The standard InChI is InChI=1S/C10H11BrFN3O3S/c1-17-10(16)8(15(14)19-12)9(13)18-7-4-2-6(11)3-5-7/h2-5H,13-14H2,1H3/b9-8+. The second-order valence-electron chi connectivity index (χ2n) is 3.16. The van der Waals surface area contributed by atoms with Crippen molar-refractivity contribution in [2.24, 2.45) is 11.6 Å². The van der Waals surface area contributed by atoms with Crippen LogP contribution in [0.4, 0.5) is 3.89 Å². The SMILES string of the molecule is COC(=O)/C(=C(/N)Oc1ccc(Br)cc1)N(N)SF. The lowest BCUT2D eigenvalue weighted by Gasteiger charge is -2.16. The van der Waals surface area contributed by atoms with Gasteiger partial charge in [0.1, 0.15) is 5.75 Å². The van der Waals surface area contributed by atoms with Crippen LogP contribution in [0.25, 0.3) is 0 Å². The van der Waals surface area contributed by atoms with Gasteiger partial charge in [-0.3, -0.25) is 0 Å². The minimum Gasteiger partial charge on any atom is -0.464 e. The van der Waals surface area contributed by atoms with E-state index >= 15 is 0 Å². The van der Waals surface area contributed by atoms with Crippen molar-refractivity contribution in [3.8, 4) is 5.75 Å². The molecule has 0 fully saturated rings. The van der Waals surface area contributed by atoms with E-state index in [9.17, 15) is 8.68 Å². The second-order valence-corrected chi connectivity index (χ2v) is 4.60. The minimum atomic E-state index is -0.915.